The van der Waals surface area contributed by atoms with Crippen LogP contribution in [0.5, 0.6) is 0 Å². The molecular formula is C30H35N3O4. The summed E-state index contributed by atoms with van der Waals surface area (Å²) < 4.78 is 0. The molecule has 37 heavy (non-hydrogen) atoms. The first-order chi connectivity index (χ1) is 18.0. The Hall–Kier alpha value is -3.97. The molecule has 2 amide bonds. The number of aryl methyl sites for hydroxylation is 2. The number of nitrogens with two attached hydrogens (primary N) is 1. The highest BCUT2D eigenvalue weighted by Crippen LogP contribution is 2.11. The Kier molecular flexibility index (Phi) is 11.4. The fourth-order valence-corrected chi connectivity index (χ4v) is 3.89. The number of carbonyl (C=O) groups excluding carboxylic acids is 3. The molecule has 0 unspecified atom stereocenters. The van der Waals surface area contributed by atoms with Crippen LogP contribution in [0, 0.1) is 0 Å². The SMILES string of the molecule is N[C@@H](Cc1ccccc1)C(=O)NCCC(=O)ONC(=O)Cc1ccc(CCCCc2ccccc2)cc1. The fourth-order valence-electron chi connectivity index (χ4n) is 3.89. The van der Waals surface area contributed by atoms with Gasteiger partial charge < -0.3 is 15.9 Å². The van der Waals surface area contributed by atoms with Crippen molar-refractivity contribution in [1.82, 2.24) is 10.8 Å². The zero-order valence-electron chi connectivity index (χ0n) is 21.0. The average molecular weight is 502 g/mol. The van der Waals surface area contributed by atoms with E-state index in [4.69, 9.17) is 10.6 Å². The smallest absolute Gasteiger partial charge is 0.334 e. The molecule has 0 spiro atoms. The molecule has 3 rings (SSSR count). The minimum absolute atomic E-state index is 0.0723. The summed E-state index contributed by atoms with van der Waals surface area (Å²) in [5.41, 5.74) is 12.5. The second kappa shape index (κ2) is 15.2. The third kappa shape index (κ3) is 10.7. The maximum absolute atomic E-state index is 12.1. The molecule has 0 saturated carbocycles. The molecule has 0 heterocycles. The highest BCUT2D eigenvalue weighted by molar-refractivity contribution is 5.82. The fraction of sp³-hybridized carbons (Fsp3) is 0.300. The van der Waals surface area contributed by atoms with Gasteiger partial charge in [0.05, 0.1) is 18.9 Å². The Morgan fingerprint density at radius 2 is 1.27 bits per heavy atom. The van der Waals surface area contributed by atoms with E-state index in [1.54, 1.807) is 0 Å². The monoisotopic (exact) mass is 501 g/mol. The second-order valence-corrected chi connectivity index (χ2v) is 9.02. The summed E-state index contributed by atoms with van der Waals surface area (Å²) in [7, 11) is 0. The van der Waals surface area contributed by atoms with Gasteiger partial charge in [-0.2, -0.15) is 5.48 Å². The molecule has 4 N–H and O–H groups in total. The second-order valence-electron chi connectivity index (χ2n) is 9.02. The Morgan fingerprint density at radius 1 is 0.730 bits per heavy atom. The number of unbranched alkanes of at least 4 members (excludes halogenated alkanes) is 1. The Balaban J connectivity index is 1.26. The van der Waals surface area contributed by atoms with Gasteiger partial charge in [-0.1, -0.05) is 84.9 Å². The average Bonchev–Trinajstić information content (AvgIpc) is 2.92. The van der Waals surface area contributed by atoms with Gasteiger partial charge in [0.1, 0.15) is 0 Å². The summed E-state index contributed by atoms with van der Waals surface area (Å²) in [6, 6.07) is 27.1. The van der Waals surface area contributed by atoms with Crippen LogP contribution < -0.4 is 16.5 Å². The van der Waals surface area contributed by atoms with Crippen molar-refractivity contribution in [2.75, 3.05) is 6.54 Å². The molecule has 0 fully saturated rings. The van der Waals surface area contributed by atoms with E-state index in [2.05, 4.69) is 35.1 Å². The summed E-state index contributed by atoms with van der Waals surface area (Å²) in [6.07, 6.45) is 4.72. The van der Waals surface area contributed by atoms with Crippen molar-refractivity contribution in [3.63, 3.8) is 0 Å². The van der Waals surface area contributed by atoms with E-state index < -0.39 is 17.9 Å². The number of carbonyl (C=O) groups is 3. The van der Waals surface area contributed by atoms with Crippen molar-refractivity contribution < 1.29 is 19.2 Å². The zero-order valence-corrected chi connectivity index (χ0v) is 21.0. The maximum Gasteiger partial charge on any atom is 0.334 e. The minimum atomic E-state index is -0.709. The summed E-state index contributed by atoms with van der Waals surface area (Å²) >= 11 is 0. The van der Waals surface area contributed by atoms with Crippen LogP contribution in [0.2, 0.25) is 0 Å². The van der Waals surface area contributed by atoms with Crippen molar-refractivity contribution in [3.05, 3.63) is 107 Å². The molecule has 3 aromatic carbocycles. The lowest BCUT2D eigenvalue weighted by Gasteiger charge is -2.12. The molecule has 7 heteroatoms. The van der Waals surface area contributed by atoms with E-state index in [1.807, 2.05) is 60.7 Å². The molecular weight excluding hydrogens is 466 g/mol. The molecule has 3 aromatic rings. The Morgan fingerprint density at radius 3 is 1.89 bits per heavy atom. The van der Waals surface area contributed by atoms with Crippen molar-refractivity contribution in [3.8, 4) is 0 Å². The van der Waals surface area contributed by atoms with Crippen molar-refractivity contribution in [1.29, 1.82) is 0 Å². The number of amides is 2. The van der Waals surface area contributed by atoms with Crippen molar-refractivity contribution >= 4 is 17.8 Å². The van der Waals surface area contributed by atoms with E-state index in [-0.39, 0.29) is 25.3 Å². The van der Waals surface area contributed by atoms with Crippen LogP contribution in [-0.4, -0.2) is 30.4 Å². The third-order valence-corrected chi connectivity index (χ3v) is 5.95. The third-order valence-electron chi connectivity index (χ3n) is 5.95. The number of hydrogen-bond donors (Lipinski definition) is 3. The molecule has 0 bridgehead atoms. The largest absolute Gasteiger partial charge is 0.354 e. The van der Waals surface area contributed by atoms with Gasteiger partial charge in [0.2, 0.25) is 5.91 Å². The predicted molar refractivity (Wildman–Crippen MR) is 143 cm³/mol. The van der Waals surface area contributed by atoms with E-state index in [1.165, 1.54) is 11.1 Å². The first kappa shape index (κ1) is 27.6. The molecule has 0 saturated heterocycles. The van der Waals surface area contributed by atoms with Crippen LogP contribution in [0.1, 0.15) is 41.5 Å². The van der Waals surface area contributed by atoms with E-state index >= 15 is 0 Å². The topological polar surface area (TPSA) is 111 Å². The zero-order chi connectivity index (χ0) is 26.3. The standard InChI is InChI=1S/C30H35N3O4/c31-27(21-25-13-5-2-6-14-25)30(36)32-20-19-29(35)37-33-28(34)22-26-17-15-24(16-18-26)12-8-7-11-23-9-3-1-4-10-23/h1-6,9-10,13-18,27H,7-8,11-12,19-22,31H2,(H,32,36)(H,33,34)/t27-/m0/s1. The highest BCUT2D eigenvalue weighted by atomic mass is 16.7. The molecule has 7 nitrogen and oxygen atoms in total. The van der Waals surface area contributed by atoms with Gasteiger partial charge in [0.15, 0.2) is 0 Å². The summed E-state index contributed by atoms with van der Waals surface area (Å²) in [4.78, 5) is 40.9. The van der Waals surface area contributed by atoms with Gasteiger partial charge in [-0.05, 0) is 54.4 Å². The molecule has 0 aliphatic heterocycles. The lowest BCUT2D eigenvalue weighted by Crippen LogP contribution is -2.43. The summed E-state index contributed by atoms with van der Waals surface area (Å²) in [5.74, 6) is -1.41. The number of rotatable bonds is 13. The number of benzene rings is 3. The maximum atomic E-state index is 12.1. The molecule has 1 atom stereocenters. The minimum Gasteiger partial charge on any atom is -0.354 e. The quantitative estimate of drug-likeness (QED) is 0.245. The Labute approximate surface area is 218 Å². The van der Waals surface area contributed by atoms with Gasteiger partial charge >= 0.3 is 5.97 Å². The van der Waals surface area contributed by atoms with E-state index in [0.717, 1.165) is 36.8 Å². The van der Waals surface area contributed by atoms with Gasteiger partial charge in [-0.15, -0.1) is 0 Å². The van der Waals surface area contributed by atoms with Gasteiger partial charge in [-0.25, -0.2) is 4.79 Å². The van der Waals surface area contributed by atoms with E-state index in [0.29, 0.717) is 6.42 Å². The molecule has 194 valence electrons. The predicted octanol–water partition coefficient (Wildman–Crippen LogP) is 3.45. The normalized spacial score (nSPS) is 11.4. The van der Waals surface area contributed by atoms with Gasteiger partial charge in [0.25, 0.3) is 5.91 Å². The van der Waals surface area contributed by atoms with Crippen molar-refractivity contribution in [2.45, 2.75) is 51.0 Å². The van der Waals surface area contributed by atoms with Crippen LogP contribution >= 0.6 is 0 Å². The van der Waals surface area contributed by atoms with Crippen molar-refractivity contribution in [2.24, 2.45) is 5.73 Å². The molecule has 0 aliphatic rings. The lowest BCUT2D eigenvalue weighted by molar-refractivity contribution is -0.158. The number of hydrogen-bond acceptors (Lipinski definition) is 5. The molecule has 0 radical (unpaired) electrons. The number of hydroxylamine groups is 1. The van der Waals surface area contributed by atoms with Crippen LogP contribution in [-0.2, 0) is 44.9 Å². The first-order valence-corrected chi connectivity index (χ1v) is 12.7. The Bertz CT molecular complexity index is 1120. The summed E-state index contributed by atoms with van der Waals surface area (Å²) in [6.45, 7) is 0.0723. The van der Waals surface area contributed by atoms with E-state index in [9.17, 15) is 14.4 Å². The van der Waals surface area contributed by atoms with Crippen LogP contribution in [0.25, 0.3) is 0 Å². The van der Waals surface area contributed by atoms with Gasteiger partial charge in [-0.3, -0.25) is 9.59 Å². The lowest BCUT2D eigenvalue weighted by atomic mass is 10.0. The van der Waals surface area contributed by atoms with Gasteiger partial charge in [0, 0.05) is 6.54 Å². The molecule has 0 aliphatic carbocycles. The highest BCUT2D eigenvalue weighted by Gasteiger charge is 2.15. The van der Waals surface area contributed by atoms with Crippen LogP contribution in [0.3, 0.4) is 0 Å². The van der Waals surface area contributed by atoms with Crippen LogP contribution in [0.4, 0.5) is 0 Å². The van der Waals surface area contributed by atoms with Crippen LogP contribution in [0.15, 0.2) is 84.9 Å². The number of nitrogens with one attached hydrogen (secondary N) is 2. The summed E-state index contributed by atoms with van der Waals surface area (Å²) in [5, 5.41) is 2.62. The molecule has 0 aromatic heterocycles. The first-order valence-electron chi connectivity index (χ1n) is 12.7.